The summed E-state index contributed by atoms with van der Waals surface area (Å²) in [5.41, 5.74) is 12.8. The SMILES string of the molecule is Cc1ccccc1-c1ccc2c3ccccc3n(-c3cc(-c4cccc(-c5cccc(-c6ccccc6)c5)n4)cc(-n4c5ccccc5c5ccc(-c6ccccc6C)cc54)c3C(F)(F)F)c2c1. The number of fused-ring (bicyclic) bond motifs is 6. The maximum Gasteiger partial charge on any atom is 0.420 e. The molecule has 0 unspecified atom stereocenters. The zero-order valence-electron chi connectivity index (χ0n) is 37.3. The van der Waals surface area contributed by atoms with Crippen molar-refractivity contribution >= 4 is 43.6 Å². The summed E-state index contributed by atoms with van der Waals surface area (Å²) in [5.74, 6) is 0. The van der Waals surface area contributed by atoms with Crippen LogP contribution >= 0.6 is 0 Å². The molecule has 0 atom stereocenters. The van der Waals surface area contributed by atoms with Gasteiger partial charge in [0.05, 0.1) is 44.8 Å². The van der Waals surface area contributed by atoms with Crippen LogP contribution in [-0.4, -0.2) is 14.1 Å². The van der Waals surface area contributed by atoms with Crippen LogP contribution in [0.5, 0.6) is 0 Å². The molecule has 3 heterocycles. The van der Waals surface area contributed by atoms with Crippen molar-refractivity contribution in [3.8, 4) is 67.3 Å². The second-order valence-electron chi connectivity index (χ2n) is 17.5. The zero-order chi connectivity index (χ0) is 46.1. The monoisotopic (exact) mass is 885 g/mol. The molecule has 0 aliphatic rings. The molecule has 0 saturated heterocycles. The molecule has 0 saturated carbocycles. The van der Waals surface area contributed by atoms with Gasteiger partial charge >= 0.3 is 6.18 Å². The summed E-state index contributed by atoms with van der Waals surface area (Å²) in [6.45, 7) is 4.11. The summed E-state index contributed by atoms with van der Waals surface area (Å²) in [5, 5.41) is 3.43. The van der Waals surface area contributed by atoms with Gasteiger partial charge in [-0.25, -0.2) is 4.98 Å². The average Bonchev–Trinajstić information content (AvgIpc) is 3.88. The second-order valence-corrected chi connectivity index (χ2v) is 17.5. The molecule has 0 fully saturated rings. The standard InChI is InChI=1S/C62H42F3N3/c1-39-16-6-8-22-47(39)43-30-32-51-49-24-10-12-28-55(49)67(57(51)35-43)59-37-46(54-27-15-26-53(66-54)45-21-14-20-42(34-45)41-18-4-3-5-19-41)38-60(61(59)62(63,64)65)68-56-29-13-11-25-50(56)52-33-31-44(36-58(52)68)48-23-9-7-17-40(48)2/h3-38H,1-2H3. The van der Waals surface area contributed by atoms with Crippen molar-refractivity contribution in [1.82, 2.24) is 14.1 Å². The second kappa shape index (κ2) is 16.1. The molecule has 0 spiro atoms. The Bertz CT molecular complexity index is 3750. The van der Waals surface area contributed by atoms with Crippen LogP contribution < -0.4 is 0 Å². The number of aryl methyl sites for hydroxylation is 2. The van der Waals surface area contributed by atoms with E-state index in [0.717, 1.165) is 71.6 Å². The predicted molar refractivity (Wildman–Crippen MR) is 275 cm³/mol. The Morgan fingerprint density at radius 3 is 1.32 bits per heavy atom. The third-order valence-corrected chi connectivity index (χ3v) is 13.4. The number of halogens is 3. The molecule has 0 aliphatic carbocycles. The van der Waals surface area contributed by atoms with E-state index >= 15 is 13.2 Å². The van der Waals surface area contributed by atoms with Crippen LogP contribution in [0, 0.1) is 13.8 Å². The molecule has 0 radical (unpaired) electrons. The number of alkyl halides is 3. The van der Waals surface area contributed by atoms with Gasteiger partial charge in [-0.05, 0) is 113 Å². The van der Waals surface area contributed by atoms with E-state index in [4.69, 9.17) is 4.98 Å². The number of pyridine rings is 1. The Morgan fingerprint density at radius 2 is 0.779 bits per heavy atom. The van der Waals surface area contributed by atoms with Crippen LogP contribution in [0.4, 0.5) is 13.2 Å². The van der Waals surface area contributed by atoms with Gasteiger partial charge in [0, 0.05) is 32.7 Å². The quantitative estimate of drug-likeness (QED) is 0.156. The van der Waals surface area contributed by atoms with Gasteiger partial charge in [0.25, 0.3) is 0 Å². The Hall–Kier alpha value is -8.48. The lowest BCUT2D eigenvalue weighted by Gasteiger charge is -2.23. The molecule has 3 aromatic heterocycles. The van der Waals surface area contributed by atoms with E-state index in [9.17, 15) is 0 Å². The fraction of sp³-hybridized carbons (Fsp3) is 0.0484. The van der Waals surface area contributed by atoms with E-state index in [1.807, 2.05) is 155 Å². The maximum atomic E-state index is 16.8. The number of hydrogen-bond acceptors (Lipinski definition) is 1. The third-order valence-electron chi connectivity index (χ3n) is 13.4. The van der Waals surface area contributed by atoms with E-state index in [-0.39, 0.29) is 11.4 Å². The average molecular weight is 886 g/mol. The summed E-state index contributed by atoms with van der Waals surface area (Å²) in [6, 6.07) is 71.6. The van der Waals surface area contributed by atoms with Crippen LogP contribution in [0.2, 0.25) is 0 Å². The highest BCUT2D eigenvalue weighted by Gasteiger charge is 2.40. The van der Waals surface area contributed by atoms with Gasteiger partial charge in [-0.2, -0.15) is 13.2 Å². The van der Waals surface area contributed by atoms with Crippen molar-refractivity contribution in [3.63, 3.8) is 0 Å². The van der Waals surface area contributed by atoms with E-state index in [2.05, 4.69) is 74.5 Å². The van der Waals surface area contributed by atoms with E-state index < -0.39 is 11.7 Å². The van der Waals surface area contributed by atoms with Crippen molar-refractivity contribution in [3.05, 3.63) is 235 Å². The number of para-hydroxylation sites is 2. The van der Waals surface area contributed by atoms with Crippen LogP contribution in [0.15, 0.2) is 218 Å². The summed E-state index contributed by atoms with van der Waals surface area (Å²) in [6.07, 6.45) is -4.81. The molecule has 6 heteroatoms. The first-order valence-corrected chi connectivity index (χ1v) is 22.8. The molecule has 68 heavy (non-hydrogen) atoms. The number of rotatable bonds is 7. The van der Waals surface area contributed by atoms with Gasteiger partial charge in [-0.15, -0.1) is 0 Å². The van der Waals surface area contributed by atoms with Gasteiger partial charge in [0.15, 0.2) is 0 Å². The Labute approximate surface area is 391 Å². The fourth-order valence-corrected chi connectivity index (χ4v) is 10.2. The molecule has 9 aromatic carbocycles. The van der Waals surface area contributed by atoms with E-state index in [1.54, 1.807) is 12.1 Å². The van der Waals surface area contributed by atoms with E-state index in [1.165, 1.54) is 0 Å². The molecule has 12 aromatic rings. The highest BCUT2D eigenvalue weighted by molar-refractivity contribution is 6.12. The molecule has 3 nitrogen and oxygen atoms in total. The molecule has 0 bridgehead atoms. The first-order chi connectivity index (χ1) is 33.2. The molecular formula is C62H42F3N3. The predicted octanol–water partition coefficient (Wildman–Crippen LogP) is 17.2. The van der Waals surface area contributed by atoms with Crippen molar-refractivity contribution in [2.24, 2.45) is 0 Å². The van der Waals surface area contributed by atoms with Crippen LogP contribution in [0.1, 0.15) is 16.7 Å². The Morgan fingerprint density at radius 1 is 0.338 bits per heavy atom. The van der Waals surface area contributed by atoms with Gasteiger partial charge in [0.2, 0.25) is 0 Å². The zero-order valence-corrected chi connectivity index (χ0v) is 37.3. The highest BCUT2D eigenvalue weighted by Crippen LogP contribution is 2.47. The fourth-order valence-electron chi connectivity index (χ4n) is 10.2. The van der Waals surface area contributed by atoms with Gasteiger partial charge in [0.1, 0.15) is 5.56 Å². The number of hydrogen-bond donors (Lipinski definition) is 0. The summed E-state index contributed by atoms with van der Waals surface area (Å²) in [4.78, 5) is 5.26. The maximum absolute atomic E-state index is 16.8. The molecule has 0 amide bonds. The first kappa shape index (κ1) is 41.0. The normalized spacial score (nSPS) is 11.9. The summed E-state index contributed by atoms with van der Waals surface area (Å²) >= 11 is 0. The number of nitrogens with zero attached hydrogens (tertiary/aromatic N) is 3. The van der Waals surface area contributed by atoms with Crippen molar-refractivity contribution < 1.29 is 13.2 Å². The minimum Gasteiger partial charge on any atom is -0.309 e. The van der Waals surface area contributed by atoms with Gasteiger partial charge < -0.3 is 9.13 Å². The van der Waals surface area contributed by atoms with Crippen LogP contribution in [0.3, 0.4) is 0 Å². The van der Waals surface area contributed by atoms with Crippen LogP contribution in [0.25, 0.3) is 111 Å². The summed E-state index contributed by atoms with van der Waals surface area (Å²) < 4.78 is 54.2. The van der Waals surface area contributed by atoms with Crippen molar-refractivity contribution in [1.29, 1.82) is 0 Å². The minimum absolute atomic E-state index is 0.0115. The summed E-state index contributed by atoms with van der Waals surface area (Å²) in [7, 11) is 0. The number of benzene rings is 9. The Balaban J connectivity index is 1.19. The lowest BCUT2D eigenvalue weighted by molar-refractivity contribution is -0.137. The van der Waals surface area contributed by atoms with Crippen LogP contribution in [-0.2, 0) is 6.18 Å². The lowest BCUT2D eigenvalue weighted by Crippen LogP contribution is -2.16. The van der Waals surface area contributed by atoms with Crippen molar-refractivity contribution in [2.45, 2.75) is 20.0 Å². The lowest BCUT2D eigenvalue weighted by atomic mass is 9.98. The molecule has 12 rings (SSSR count). The first-order valence-electron chi connectivity index (χ1n) is 22.8. The van der Waals surface area contributed by atoms with Gasteiger partial charge in [-0.1, -0.05) is 164 Å². The smallest absolute Gasteiger partial charge is 0.309 e. The number of aromatic nitrogens is 3. The van der Waals surface area contributed by atoms with Crippen molar-refractivity contribution in [2.75, 3.05) is 0 Å². The topological polar surface area (TPSA) is 22.8 Å². The third kappa shape index (κ3) is 6.87. The minimum atomic E-state index is -4.81. The largest absolute Gasteiger partial charge is 0.420 e. The highest BCUT2D eigenvalue weighted by atomic mass is 19.4. The Kier molecular flexibility index (Phi) is 9.73. The molecule has 0 aliphatic heterocycles. The van der Waals surface area contributed by atoms with Gasteiger partial charge in [-0.3, -0.25) is 0 Å². The molecular weight excluding hydrogens is 844 g/mol. The molecule has 326 valence electrons. The molecule has 0 N–H and O–H groups in total. The van der Waals surface area contributed by atoms with E-state index in [0.29, 0.717) is 39.0 Å².